The molecule has 2 aromatic rings. The molecule has 0 amide bonds. The van der Waals surface area contributed by atoms with E-state index in [1.54, 1.807) is 12.1 Å². The average Bonchev–Trinajstić information content (AvgIpc) is 2.53. The predicted molar refractivity (Wildman–Crippen MR) is 88.3 cm³/mol. The second-order valence-electron chi connectivity index (χ2n) is 6.04. The minimum absolute atomic E-state index is 0.342. The molecule has 0 aliphatic heterocycles. The zero-order valence-corrected chi connectivity index (χ0v) is 13.6. The number of hydrogen-bond acceptors (Lipinski definition) is 2. The lowest BCUT2D eigenvalue weighted by atomic mass is 9.84. The normalized spacial score (nSPS) is 18.0. The maximum absolute atomic E-state index is 12.3. The predicted octanol–water partition coefficient (Wildman–Crippen LogP) is 3.08. The molecule has 0 spiro atoms. The third kappa shape index (κ3) is 3.39. The van der Waals surface area contributed by atoms with Gasteiger partial charge in [0.2, 0.25) is 10.0 Å². The Hall–Kier alpha value is -1.65. The van der Waals surface area contributed by atoms with E-state index in [1.165, 1.54) is 11.1 Å². The van der Waals surface area contributed by atoms with E-state index in [-0.39, 0.29) is 0 Å². The minimum Gasteiger partial charge on any atom is -0.211 e. The molecular weight excluding hydrogens is 294 g/mol. The highest BCUT2D eigenvalue weighted by molar-refractivity contribution is 7.89. The van der Waals surface area contributed by atoms with E-state index in [1.807, 2.05) is 19.1 Å². The van der Waals surface area contributed by atoms with Crippen molar-refractivity contribution in [3.05, 3.63) is 65.2 Å². The van der Waals surface area contributed by atoms with Crippen LogP contribution >= 0.6 is 0 Å². The van der Waals surface area contributed by atoms with Crippen molar-refractivity contribution in [2.45, 2.75) is 31.1 Å². The topological polar surface area (TPSA) is 46.2 Å². The second-order valence-corrected chi connectivity index (χ2v) is 7.81. The average molecular weight is 315 g/mol. The summed E-state index contributed by atoms with van der Waals surface area (Å²) in [4.78, 5) is 0.342. The molecule has 0 heterocycles. The maximum atomic E-state index is 12.3. The summed E-state index contributed by atoms with van der Waals surface area (Å²) in [6, 6.07) is 15.4. The lowest BCUT2D eigenvalue weighted by molar-refractivity contribution is 0.449. The molecule has 1 N–H and O–H groups in total. The number of rotatable bonds is 4. The largest absolute Gasteiger partial charge is 0.240 e. The van der Waals surface area contributed by atoms with Crippen LogP contribution < -0.4 is 4.72 Å². The second kappa shape index (κ2) is 6.23. The molecule has 1 unspecified atom stereocenters. The van der Waals surface area contributed by atoms with E-state index in [0.29, 0.717) is 17.4 Å². The van der Waals surface area contributed by atoms with Crippen molar-refractivity contribution in [3.8, 4) is 0 Å². The first-order chi connectivity index (χ1) is 10.5. The van der Waals surface area contributed by atoms with Gasteiger partial charge in [0.1, 0.15) is 0 Å². The molecule has 1 atom stereocenters. The SMILES string of the molecule is Cc1ccc(S(=O)(=O)NCC2CCc3ccccc3C2)cc1. The van der Waals surface area contributed by atoms with Crippen molar-refractivity contribution in [3.63, 3.8) is 0 Å². The third-order valence-corrected chi connectivity index (χ3v) is 5.78. The van der Waals surface area contributed by atoms with E-state index in [0.717, 1.165) is 24.8 Å². The van der Waals surface area contributed by atoms with Crippen LogP contribution in [0.2, 0.25) is 0 Å². The molecule has 4 heteroatoms. The monoisotopic (exact) mass is 315 g/mol. The van der Waals surface area contributed by atoms with Crippen LogP contribution in [0.1, 0.15) is 23.1 Å². The van der Waals surface area contributed by atoms with Crippen molar-refractivity contribution in [1.29, 1.82) is 0 Å². The maximum Gasteiger partial charge on any atom is 0.240 e. The molecule has 116 valence electrons. The molecule has 0 bridgehead atoms. The Morgan fingerprint density at radius 2 is 1.73 bits per heavy atom. The molecule has 0 fully saturated rings. The molecule has 22 heavy (non-hydrogen) atoms. The summed E-state index contributed by atoms with van der Waals surface area (Å²) in [5.41, 5.74) is 3.82. The van der Waals surface area contributed by atoms with E-state index >= 15 is 0 Å². The van der Waals surface area contributed by atoms with E-state index in [9.17, 15) is 8.42 Å². The lowest BCUT2D eigenvalue weighted by Crippen LogP contribution is -2.32. The number of aryl methyl sites for hydroxylation is 2. The summed E-state index contributed by atoms with van der Waals surface area (Å²) in [6.07, 6.45) is 3.02. The molecule has 1 aliphatic rings. The van der Waals surface area contributed by atoms with Gasteiger partial charge in [0.15, 0.2) is 0 Å². The van der Waals surface area contributed by atoms with Crippen LogP contribution in [0.3, 0.4) is 0 Å². The fraction of sp³-hybridized carbons (Fsp3) is 0.333. The van der Waals surface area contributed by atoms with Crippen molar-refractivity contribution < 1.29 is 8.42 Å². The van der Waals surface area contributed by atoms with Gasteiger partial charge in [-0.15, -0.1) is 0 Å². The quantitative estimate of drug-likeness (QED) is 0.942. The third-order valence-electron chi connectivity index (χ3n) is 4.34. The van der Waals surface area contributed by atoms with E-state index in [2.05, 4.69) is 29.0 Å². The number of benzene rings is 2. The molecule has 0 saturated heterocycles. The summed E-state index contributed by atoms with van der Waals surface area (Å²) in [7, 11) is -3.40. The van der Waals surface area contributed by atoms with Gasteiger partial charge in [-0.3, -0.25) is 0 Å². The van der Waals surface area contributed by atoms with Crippen LogP contribution in [-0.2, 0) is 22.9 Å². The summed E-state index contributed by atoms with van der Waals surface area (Å²) < 4.78 is 27.4. The van der Waals surface area contributed by atoms with Crippen LogP contribution in [0.25, 0.3) is 0 Å². The van der Waals surface area contributed by atoms with Crippen LogP contribution in [0.15, 0.2) is 53.4 Å². The number of fused-ring (bicyclic) bond motifs is 1. The first-order valence-electron chi connectivity index (χ1n) is 7.68. The molecule has 3 nitrogen and oxygen atoms in total. The Kier molecular flexibility index (Phi) is 4.32. The Labute approximate surface area is 132 Å². The van der Waals surface area contributed by atoms with E-state index < -0.39 is 10.0 Å². The summed E-state index contributed by atoms with van der Waals surface area (Å²) >= 11 is 0. The van der Waals surface area contributed by atoms with Gasteiger partial charge in [-0.25, -0.2) is 13.1 Å². The zero-order chi connectivity index (χ0) is 15.6. The van der Waals surface area contributed by atoms with Crippen molar-refractivity contribution in [2.24, 2.45) is 5.92 Å². The Balaban J connectivity index is 1.64. The highest BCUT2D eigenvalue weighted by Crippen LogP contribution is 2.25. The molecule has 2 aromatic carbocycles. The number of hydrogen-bond donors (Lipinski definition) is 1. The first kappa shape index (κ1) is 15.3. The standard InChI is InChI=1S/C18H21NO2S/c1-14-6-10-18(11-7-14)22(20,21)19-13-15-8-9-16-4-2-3-5-17(16)12-15/h2-7,10-11,15,19H,8-9,12-13H2,1H3. The van der Waals surface area contributed by atoms with Gasteiger partial charge in [0.25, 0.3) is 0 Å². The lowest BCUT2D eigenvalue weighted by Gasteiger charge is -2.24. The van der Waals surface area contributed by atoms with Gasteiger partial charge in [-0.1, -0.05) is 42.0 Å². The van der Waals surface area contributed by atoms with Crippen molar-refractivity contribution >= 4 is 10.0 Å². The van der Waals surface area contributed by atoms with Crippen LogP contribution in [0.4, 0.5) is 0 Å². The summed E-state index contributed by atoms with van der Waals surface area (Å²) in [5, 5.41) is 0. The Morgan fingerprint density at radius 1 is 1.05 bits per heavy atom. The molecule has 3 rings (SSSR count). The molecular formula is C18H21NO2S. The van der Waals surface area contributed by atoms with Crippen LogP contribution in [-0.4, -0.2) is 15.0 Å². The van der Waals surface area contributed by atoms with E-state index in [4.69, 9.17) is 0 Å². The molecule has 0 aromatic heterocycles. The minimum atomic E-state index is -3.40. The Morgan fingerprint density at radius 3 is 2.45 bits per heavy atom. The molecule has 0 radical (unpaired) electrons. The molecule has 0 saturated carbocycles. The van der Waals surface area contributed by atoms with Gasteiger partial charge < -0.3 is 0 Å². The highest BCUT2D eigenvalue weighted by atomic mass is 32.2. The Bertz CT molecular complexity index is 751. The van der Waals surface area contributed by atoms with Gasteiger partial charge in [-0.05, 0) is 55.4 Å². The van der Waals surface area contributed by atoms with Crippen molar-refractivity contribution in [1.82, 2.24) is 4.72 Å². The van der Waals surface area contributed by atoms with Gasteiger partial charge in [0.05, 0.1) is 4.90 Å². The van der Waals surface area contributed by atoms with Crippen LogP contribution in [0, 0.1) is 12.8 Å². The number of sulfonamides is 1. The smallest absolute Gasteiger partial charge is 0.211 e. The van der Waals surface area contributed by atoms with Gasteiger partial charge >= 0.3 is 0 Å². The number of nitrogens with one attached hydrogen (secondary N) is 1. The fourth-order valence-electron chi connectivity index (χ4n) is 2.98. The van der Waals surface area contributed by atoms with Gasteiger partial charge in [0, 0.05) is 6.54 Å². The first-order valence-corrected chi connectivity index (χ1v) is 9.16. The van der Waals surface area contributed by atoms with Crippen LogP contribution in [0.5, 0.6) is 0 Å². The fourth-order valence-corrected chi connectivity index (χ4v) is 4.09. The highest BCUT2D eigenvalue weighted by Gasteiger charge is 2.21. The van der Waals surface area contributed by atoms with Gasteiger partial charge in [-0.2, -0.15) is 0 Å². The summed E-state index contributed by atoms with van der Waals surface area (Å²) in [5.74, 6) is 0.370. The summed E-state index contributed by atoms with van der Waals surface area (Å²) in [6.45, 7) is 2.45. The van der Waals surface area contributed by atoms with Crippen molar-refractivity contribution in [2.75, 3.05) is 6.54 Å². The molecule has 1 aliphatic carbocycles. The zero-order valence-electron chi connectivity index (χ0n) is 12.7.